The van der Waals surface area contributed by atoms with Gasteiger partial charge in [-0.1, -0.05) is 29.3 Å². The molecule has 1 aromatic carbocycles. The Morgan fingerprint density at radius 1 is 1.25 bits per heavy atom. The molecular weight excluding hydrogens is 269 g/mol. The standard InChI is InChI=1S/C10H9Cl2NO2S/c11-9-3-2-8(6-10(9)12)7-16(14,15)5-1-4-13/h2-3,6H,1,5,7H2. The average molecular weight is 278 g/mol. The van der Waals surface area contributed by atoms with E-state index in [1.165, 1.54) is 6.07 Å². The lowest BCUT2D eigenvalue weighted by Gasteiger charge is -2.03. The summed E-state index contributed by atoms with van der Waals surface area (Å²) in [6.45, 7) is 0. The van der Waals surface area contributed by atoms with Crippen LogP contribution in [0, 0.1) is 11.3 Å². The van der Waals surface area contributed by atoms with Gasteiger partial charge in [-0.15, -0.1) is 0 Å². The second kappa shape index (κ2) is 5.53. The second-order valence-electron chi connectivity index (χ2n) is 3.25. The number of hydrogen-bond donors (Lipinski definition) is 0. The van der Waals surface area contributed by atoms with E-state index >= 15 is 0 Å². The van der Waals surface area contributed by atoms with Crippen LogP contribution in [0.4, 0.5) is 0 Å². The highest BCUT2D eigenvalue weighted by Gasteiger charge is 2.12. The molecule has 3 nitrogen and oxygen atoms in total. The maximum atomic E-state index is 11.5. The molecule has 86 valence electrons. The molecule has 0 N–H and O–H groups in total. The van der Waals surface area contributed by atoms with Crippen LogP contribution in [-0.4, -0.2) is 14.2 Å². The quantitative estimate of drug-likeness (QED) is 0.850. The average Bonchev–Trinajstić information content (AvgIpc) is 2.20. The molecule has 0 aliphatic carbocycles. The lowest BCUT2D eigenvalue weighted by atomic mass is 10.2. The van der Waals surface area contributed by atoms with Crippen LogP contribution in [0.25, 0.3) is 0 Å². The molecule has 0 atom stereocenters. The maximum Gasteiger partial charge on any atom is 0.155 e. The molecule has 0 spiro atoms. The zero-order valence-corrected chi connectivity index (χ0v) is 10.6. The van der Waals surface area contributed by atoms with Gasteiger partial charge in [0, 0.05) is 6.42 Å². The summed E-state index contributed by atoms with van der Waals surface area (Å²) >= 11 is 11.5. The molecule has 0 radical (unpaired) electrons. The molecule has 6 heteroatoms. The normalized spacial score (nSPS) is 11.1. The molecule has 1 rings (SSSR count). The molecular formula is C10H9Cl2NO2S. The molecule has 0 aliphatic rings. The fraction of sp³-hybridized carbons (Fsp3) is 0.300. The van der Waals surface area contributed by atoms with Crippen LogP contribution in [0.2, 0.25) is 10.0 Å². The zero-order valence-electron chi connectivity index (χ0n) is 8.28. The van der Waals surface area contributed by atoms with E-state index in [1.807, 2.05) is 0 Å². The molecule has 0 saturated carbocycles. The molecule has 0 bridgehead atoms. The highest BCUT2D eigenvalue weighted by atomic mass is 35.5. The van der Waals surface area contributed by atoms with Crippen molar-refractivity contribution in [3.8, 4) is 6.07 Å². The van der Waals surface area contributed by atoms with Crippen LogP contribution < -0.4 is 0 Å². The van der Waals surface area contributed by atoms with Crippen molar-refractivity contribution in [2.75, 3.05) is 5.75 Å². The largest absolute Gasteiger partial charge is 0.228 e. The third kappa shape index (κ3) is 4.01. The number of nitrogens with zero attached hydrogens (tertiary/aromatic N) is 1. The Labute approximate surface area is 105 Å². The Hall–Kier alpha value is -0.760. The van der Waals surface area contributed by atoms with Gasteiger partial charge in [-0.2, -0.15) is 5.26 Å². The van der Waals surface area contributed by atoms with E-state index in [-0.39, 0.29) is 17.9 Å². The van der Waals surface area contributed by atoms with Gasteiger partial charge in [0.2, 0.25) is 0 Å². The van der Waals surface area contributed by atoms with Gasteiger partial charge in [-0.3, -0.25) is 0 Å². The minimum atomic E-state index is -3.25. The van der Waals surface area contributed by atoms with Crippen LogP contribution in [0.15, 0.2) is 18.2 Å². The van der Waals surface area contributed by atoms with Gasteiger partial charge in [-0.05, 0) is 17.7 Å². The van der Waals surface area contributed by atoms with Crippen molar-refractivity contribution in [1.82, 2.24) is 0 Å². The van der Waals surface area contributed by atoms with Crippen LogP contribution in [0.1, 0.15) is 12.0 Å². The maximum absolute atomic E-state index is 11.5. The van der Waals surface area contributed by atoms with Crippen LogP contribution >= 0.6 is 23.2 Å². The van der Waals surface area contributed by atoms with Crippen molar-refractivity contribution in [3.63, 3.8) is 0 Å². The Kier molecular flexibility index (Phi) is 4.60. The number of benzene rings is 1. The van der Waals surface area contributed by atoms with Gasteiger partial charge >= 0.3 is 0 Å². The molecule has 16 heavy (non-hydrogen) atoms. The van der Waals surface area contributed by atoms with Crippen LogP contribution in [0.5, 0.6) is 0 Å². The smallest absolute Gasteiger partial charge is 0.155 e. The van der Waals surface area contributed by atoms with Gasteiger partial charge in [0.1, 0.15) is 0 Å². The predicted octanol–water partition coefficient (Wildman–Crippen LogP) is 2.82. The minimum absolute atomic E-state index is 0.00363. The number of sulfone groups is 1. The summed E-state index contributed by atoms with van der Waals surface area (Å²) in [6, 6.07) is 6.49. The molecule has 0 amide bonds. The van der Waals surface area contributed by atoms with Gasteiger partial charge in [0.15, 0.2) is 9.84 Å². The molecule has 0 heterocycles. The summed E-state index contributed by atoms with van der Waals surface area (Å²) in [4.78, 5) is 0. The summed E-state index contributed by atoms with van der Waals surface area (Å²) < 4.78 is 23.1. The number of rotatable bonds is 4. The first-order valence-electron chi connectivity index (χ1n) is 4.46. The highest BCUT2D eigenvalue weighted by Crippen LogP contribution is 2.23. The van der Waals surface area contributed by atoms with E-state index < -0.39 is 9.84 Å². The van der Waals surface area contributed by atoms with E-state index in [1.54, 1.807) is 18.2 Å². The third-order valence-electron chi connectivity index (χ3n) is 1.90. The van der Waals surface area contributed by atoms with Crippen molar-refractivity contribution in [3.05, 3.63) is 33.8 Å². The van der Waals surface area contributed by atoms with E-state index in [4.69, 9.17) is 28.5 Å². The van der Waals surface area contributed by atoms with Crippen molar-refractivity contribution in [2.45, 2.75) is 12.2 Å². The molecule has 0 aliphatic heterocycles. The summed E-state index contributed by atoms with van der Waals surface area (Å²) in [6.07, 6.45) is 0.00363. The van der Waals surface area contributed by atoms with E-state index in [9.17, 15) is 8.42 Å². The van der Waals surface area contributed by atoms with Gasteiger partial charge < -0.3 is 0 Å². The number of nitriles is 1. The zero-order chi connectivity index (χ0) is 12.2. The first-order valence-corrected chi connectivity index (χ1v) is 7.03. The molecule has 0 fully saturated rings. The monoisotopic (exact) mass is 277 g/mol. The molecule has 0 saturated heterocycles. The lowest BCUT2D eigenvalue weighted by Crippen LogP contribution is -2.08. The fourth-order valence-corrected chi connectivity index (χ4v) is 2.71. The van der Waals surface area contributed by atoms with Crippen LogP contribution in [0.3, 0.4) is 0 Å². The Bertz CT molecular complexity index is 520. The van der Waals surface area contributed by atoms with Crippen LogP contribution in [-0.2, 0) is 15.6 Å². The summed E-state index contributed by atoms with van der Waals surface area (Å²) in [5.41, 5.74) is 0.576. The predicted molar refractivity (Wildman–Crippen MR) is 64.2 cm³/mol. The van der Waals surface area contributed by atoms with Gasteiger partial charge in [0.05, 0.1) is 27.6 Å². The highest BCUT2D eigenvalue weighted by molar-refractivity contribution is 7.90. The number of hydrogen-bond acceptors (Lipinski definition) is 3. The minimum Gasteiger partial charge on any atom is -0.228 e. The Balaban J connectivity index is 2.81. The Morgan fingerprint density at radius 3 is 2.50 bits per heavy atom. The first-order chi connectivity index (χ1) is 7.44. The van der Waals surface area contributed by atoms with E-state index in [0.717, 1.165) is 0 Å². The van der Waals surface area contributed by atoms with Gasteiger partial charge in [-0.25, -0.2) is 8.42 Å². The molecule has 0 aromatic heterocycles. The lowest BCUT2D eigenvalue weighted by molar-refractivity contribution is 0.595. The fourth-order valence-electron chi connectivity index (χ4n) is 1.16. The molecule has 0 unspecified atom stereocenters. The Morgan fingerprint density at radius 2 is 1.94 bits per heavy atom. The van der Waals surface area contributed by atoms with Gasteiger partial charge in [0.25, 0.3) is 0 Å². The molecule has 1 aromatic rings. The topological polar surface area (TPSA) is 57.9 Å². The summed E-state index contributed by atoms with van der Waals surface area (Å²) in [7, 11) is -3.25. The van der Waals surface area contributed by atoms with Crippen molar-refractivity contribution >= 4 is 33.0 Å². The van der Waals surface area contributed by atoms with Crippen molar-refractivity contribution < 1.29 is 8.42 Å². The third-order valence-corrected chi connectivity index (χ3v) is 4.23. The van der Waals surface area contributed by atoms with Crippen molar-refractivity contribution in [2.24, 2.45) is 0 Å². The summed E-state index contributed by atoms with van der Waals surface area (Å²) in [5.74, 6) is -0.255. The summed E-state index contributed by atoms with van der Waals surface area (Å²) in [5, 5.41) is 9.04. The SMILES string of the molecule is N#CCCS(=O)(=O)Cc1ccc(Cl)c(Cl)c1. The van der Waals surface area contributed by atoms with Crippen molar-refractivity contribution in [1.29, 1.82) is 5.26 Å². The first kappa shape index (κ1) is 13.3. The van der Waals surface area contributed by atoms with E-state index in [2.05, 4.69) is 0 Å². The second-order valence-corrected chi connectivity index (χ2v) is 6.25. The number of halogens is 2. The van der Waals surface area contributed by atoms with E-state index in [0.29, 0.717) is 15.6 Å².